The molecule has 0 radical (unpaired) electrons. The number of rotatable bonds is 4. The van der Waals surface area contributed by atoms with Crippen molar-refractivity contribution in [2.45, 2.75) is 45.1 Å². The highest BCUT2D eigenvalue weighted by Crippen LogP contribution is 2.30. The smallest absolute Gasteiger partial charge is 0.339 e. The minimum Gasteiger partial charge on any atom is -0.478 e. The third kappa shape index (κ3) is 3.16. The van der Waals surface area contributed by atoms with Crippen LogP contribution in [0.3, 0.4) is 0 Å². The quantitative estimate of drug-likeness (QED) is 0.777. The molecule has 19 heavy (non-hydrogen) atoms. The molecule has 2 atom stereocenters. The number of carboxylic acid groups (broad SMARTS) is 1. The van der Waals surface area contributed by atoms with Gasteiger partial charge in [-0.15, -0.1) is 0 Å². The van der Waals surface area contributed by atoms with Crippen LogP contribution in [0.1, 0.15) is 49.4 Å². The van der Waals surface area contributed by atoms with E-state index < -0.39 is 5.97 Å². The summed E-state index contributed by atoms with van der Waals surface area (Å²) in [5, 5.41) is 12.5. The Bertz CT molecular complexity index is 462. The Kier molecular flexibility index (Phi) is 4.24. The van der Waals surface area contributed by atoms with E-state index in [0.717, 1.165) is 12.8 Å². The topological polar surface area (TPSA) is 88.2 Å². The number of carboxylic acids is 1. The third-order valence-corrected chi connectivity index (χ3v) is 3.89. The van der Waals surface area contributed by atoms with Gasteiger partial charge in [0, 0.05) is 6.04 Å². The SMILES string of the molecule is CCC1CCCCC1Nc1ncc(N)cc1C(=O)O. The molecule has 4 N–H and O–H groups in total. The van der Waals surface area contributed by atoms with E-state index in [4.69, 9.17) is 5.73 Å². The Hall–Kier alpha value is -1.78. The van der Waals surface area contributed by atoms with Crippen LogP contribution in [-0.2, 0) is 0 Å². The highest BCUT2D eigenvalue weighted by molar-refractivity contribution is 5.94. The molecule has 1 aliphatic rings. The van der Waals surface area contributed by atoms with Gasteiger partial charge in [-0.05, 0) is 24.8 Å². The Morgan fingerprint density at radius 2 is 2.26 bits per heavy atom. The summed E-state index contributed by atoms with van der Waals surface area (Å²) in [7, 11) is 0. The zero-order valence-electron chi connectivity index (χ0n) is 11.2. The molecule has 1 aromatic heterocycles. The summed E-state index contributed by atoms with van der Waals surface area (Å²) in [5.41, 5.74) is 6.13. The van der Waals surface area contributed by atoms with Crippen molar-refractivity contribution in [1.29, 1.82) is 0 Å². The molecule has 5 nitrogen and oxygen atoms in total. The van der Waals surface area contributed by atoms with E-state index in [1.165, 1.54) is 31.5 Å². The number of hydrogen-bond acceptors (Lipinski definition) is 4. The van der Waals surface area contributed by atoms with Crippen molar-refractivity contribution in [2.75, 3.05) is 11.1 Å². The lowest BCUT2D eigenvalue weighted by atomic mass is 9.83. The van der Waals surface area contributed by atoms with E-state index in [0.29, 0.717) is 23.5 Å². The van der Waals surface area contributed by atoms with Gasteiger partial charge in [0.05, 0.1) is 11.9 Å². The number of aromatic carboxylic acids is 1. The second-order valence-electron chi connectivity index (χ2n) is 5.17. The first-order valence-corrected chi connectivity index (χ1v) is 6.87. The third-order valence-electron chi connectivity index (χ3n) is 3.89. The number of nitrogen functional groups attached to an aromatic ring is 1. The number of aromatic nitrogens is 1. The number of nitrogens with two attached hydrogens (primary N) is 1. The maximum atomic E-state index is 11.2. The maximum Gasteiger partial charge on any atom is 0.339 e. The van der Waals surface area contributed by atoms with E-state index in [-0.39, 0.29) is 5.56 Å². The Morgan fingerprint density at radius 3 is 2.95 bits per heavy atom. The van der Waals surface area contributed by atoms with Crippen LogP contribution in [0.4, 0.5) is 11.5 Å². The standard InChI is InChI=1S/C14H21N3O2/c1-2-9-5-3-4-6-12(9)17-13-11(14(18)19)7-10(15)8-16-13/h7-9,12H,2-6,15H2,1H3,(H,16,17)(H,18,19). The number of hydrogen-bond donors (Lipinski definition) is 3. The molecule has 0 spiro atoms. The van der Waals surface area contributed by atoms with Crippen molar-refractivity contribution in [2.24, 2.45) is 5.92 Å². The summed E-state index contributed by atoms with van der Waals surface area (Å²) in [6.07, 6.45) is 7.33. The predicted molar refractivity (Wildman–Crippen MR) is 75.3 cm³/mol. The first kappa shape index (κ1) is 13.6. The zero-order valence-corrected chi connectivity index (χ0v) is 11.2. The summed E-state index contributed by atoms with van der Waals surface area (Å²) in [6, 6.07) is 1.77. The van der Waals surface area contributed by atoms with E-state index in [9.17, 15) is 9.90 Å². The van der Waals surface area contributed by atoms with Crippen molar-refractivity contribution in [3.05, 3.63) is 17.8 Å². The van der Waals surface area contributed by atoms with Gasteiger partial charge in [0.25, 0.3) is 0 Å². The average Bonchev–Trinajstić information content (AvgIpc) is 2.41. The van der Waals surface area contributed by atoms with Gasteiger partial charge in [-0.25, -0.2) is 9.78 Å². The van der Waals surface area contributed by atoms with Crippen LogP contribution in [0, 0.1) is 5.92 Å². The van der Waals surface area contributed by atoms with Crippen LogP contribution in [0.15, 0.2) is 12.3 Å². The fourth-order valence-corrected chi connectivity index (χ4v) is 2.82. The molecule has 1 saturated carbocycles. The number of anilines is 2. The van der Waals surface area contributed by atoms with Crippen molar-refractivity contribution in [1.82, 2.24) is 4.98 Å². The zero-order chi connectivity index (χ0) is 13.8. The predicted octanol–water partition coefficient (Wildman–Crippen LogP) is 2.74. The van der Waals surface area contributed by atoms with Crippen molar-refractivity contribution in [3.63, 3.8) is 0 Å². The monoisotopic (exact) mass is 263 g/mol. The second kappa shape index (κ2) is 5.91. The fourth-order valence-electron chi connectivity index (χ4n) is 2.82. The molecule has 1 aliphatic carbocycles. The Morgan fingerprint density at radius 1 is 1.53 bits per heavy atom. The molecular formula is C14H21N3O2. The van der Waals surface area contributed by atoms with Gasteiger partial charge in [0.15, 0.2) is 0 Å². The van der Waals surface area contributed by atoms with E-state index in [2.05, 4.69) is 17.2 Å². The van der Waals surface area contributed by atoms with Gasteiger partial charge >= 0.3 is 5.97 Å². The van der Waals surface area contributed by atoms with Gasteiger partial charge in [0.1, 0.15) is 11.4 Å². The average molecular weight is 263 g/mol. The largest absolute Gasteiger partial charge is 0.478 e. The first-order chi connectivity index (χ1) is 9.11. The number of nitrogens with one attached hydrogen (secondary N) is 1. The summed E-state index contributed by atoms with van der Waals surface area (Å²) in [6.45, 7) is 2.18. The molecule has 104 valence electrons. The van der Waals surface area contributed by atoms with Gasteiger partial charge in [-0.1, -0.05) is 26.2 Å². The number of carbonyl (C=O) groups is 1. The summed E-state index contributed by atoms with van der Waals surface area (Å²) >= 11 is 0. The number of pyridine rings is 1. The molecule has 1 aromatic rings. The minimum absolute atomic E-state index is 0.153. The van der Waals surface area contributed by atoms with Gasteiger partial charge < -0.3 is 16.2 Å². The summed E-state index contributed by atoms with van der Waals surface area (Å²) < 4.78 is 0. The van der Waals surface area contributed by atoms with Crippen molar-refractivity contribution >= 4 is 17.5 Å². The van der Waals surface area contributed by atoms with Crippen molar-refractivity contribution in [3.8, 4) is 0 Å². The fraction of sp³-hybridized carbons (Fsp3) is 0.571. The van der Waals surface area contributed by atoms with Crippen molar-refractivity contribution < 1.29 is 9.90 Å². The van der Waals surface area contributed by atoms with E-state index >= 15 is 0 Å². The summed E-state index contributed by atoms with van der Waals surface area (Å²) in [4.78, 5) is 15.4. The van der Waals surface area contributed by atoms with Crippen LogP contribution in [-0.4, -0.2) is 22.1 Å². The molecule has 2 rings (SSSR count). The second-order valence-corrected chi connectivity index (χ2v) is 5.17. The minimum atomic E-state index is -0.994. The highest BCUT2D eigenvalue weighted by Gasteiger charge is 2.25. The first-order valence-electron chi connectivity index (χ1n) is 6.87. The Balaban J connectivity index is 2.20. The highest BCUT2D eigenvalue weighted by atomic mass is 16.4. The van der Waals surface area contributed by atoms with Crippen LogP contribution < -0.4 is 11.1 Å². The van der Waals surface area contributed by atoms with Crippen LogP contribution >= 0.6 is 0 Å². The molecule has 0 aromatic carbocycles. The van der Waals surface area contributed by atoms with Gasteiger partial charge in [-0.2, -0.15) is 0 Å². The molecule has 5 heteroatoms. The molecule has 0 amide bonds. The molecule has 0 saturated heterocycles. The lowest BCUT2D eigenvalue weighted by molar-refractivity contribution is 0.0697. The molecule has 0 bridgehead atoms. The number of nitrogens with zero attached hydrogens (tertiary/aromatic N) is 1. The normalized spacial score (nSPS) is 23.0. The van der Waals surface area contributed by atoms with E-state index in [1.54, 1.807) is 0 Å². The van der Waals surface area contributed by atoms with Crippen LogP contribution in [0.25, 0.3) is 0 Å². The molecular weight excluding hydrogens is 242 g/mol. The molecule has 1 fully saturated rings. The lowest BCUT2D eigenvalue weighted by Crippen LogP contribution is -2.32. The lowest BCUT2D eigenvalue weighted by Gasteiger charge is -2.32. The van der Waals surface area contributed by atoms with E-state index in [1.807, 2.05) is 0 Å². The van der Waals surface area contributed by atoms with Crippen LogP contribution in [0.5, 0.6) is 0 Å². The molecule has 2 unspecified atom stereocenters. The van der Waals surface area contributed by atoms with Gasteiger partial charge in [0.2, 0.25) is 0 Å². The Labute approximate surface area is 113 Å². The molecule has 0 aliphatic heterocycles. The van der Waals surface area contributed by atoms with Crippen LogP contribution in [0.2, 0.25) is 0 Å². The maximum absolute atomic E-state index is 11.2. The van der Waals surface area contributed by atoms with Gasteiger partial charge in [-0.3, -0.25) is 0 Å². The molecule has 1 heterocycles. The summed E-state index contributed by atoms with van der Waals surface area (Å²) in [5.74, 6) is 0.0351.